The van der Waals surface area contributed by atoms with Crippen molar-refractivity contribution in [3.05, 3.63) is 28.8 Å². The topological polar surface area (TPSA) is 77.6 Å². The number of amidine groups is 1. The molecule has 1 unspecified atom stereocenters. The van der Waals surface area contributed by atoms with Gasteiger partial charge < -0.3 is 19.9 Å². The molecule has 0 amide bonds. The van der Waals surface area contributed by atoms with E-state index in [4.69, 9.17) is 25.4 Å². The van der Waals surface area contributed by atoms with Crippen LogP contribution in [0.1, 0.15) is 30.5 Å². The summed E-state index contributed by atoms with van der Waals surface area (Å²) in [5.74, 6) is 0.358. The van der Waals surface area contributed by atoms with Gasteiger partial charge in [-0.1, -0.05) is 0 Å². The van der Waals surface area contributed by atoms with Crippen LogP contribution in [0.5, 0.6) is 5.75 Å². The number of hydrogen-bond donors (Lipinski definition) is 2. The molecule has 0 radical (unpaired) electrons. The van der Waals surface area contributed by atoms with Crippen LogP contribution >= 0.6 is 0 Å². The highest BCUT2D eigenvalue weighted by molar-refractivity contribution is 5.95. The molecule has 0 spiro atoms. The van der Waals surface area contributed by atoms with Crippen molar-refractivity contribution in [2.75, 3.05) is 13.2 Å². The molecule has 1 aliphatic heterocycles. The van der Waals surface area contributed by atoms with Crippen LogP contribution in [0.2, 0.25) is 0 Å². The van der Waals surface area contributed by atoms with Crippen molar-refractivity contribution in [2.45, 2.75) is 39.6 Å². The maximum Gasteiger partial charge on any atom is 0.163 e. The number of ether oxygens (including phenoxy) is 3. The second kappa shape index (κ2) is 5.42. The monoisotopic (exact) mass is 278 g/mol. The lowest BCUT2D eigenvalue weighted by Gasteiger charge is -2.18. The molecule has 0 aromatic heterocycles. The largest absolute Gasteiger partial charge is 0.490 e. The van der Waals surface area contributed by atoms with Gasteiger partial charge >= 0.3 is 0 Å². The molecule has 5 heteroatoms. The highest BCUT2D eigenvalue weighted by atomic mass is 16.7. The van der Waals surface area contributed by atoms with Gasteiger partial charge in [0, 0.05) is 5.56 Å². The third-order valence-corrected chi connectivity index (χ3v) is 3.25. The van der Waals surface area contributed by atoms with Crippen LogP contribution in [0.15, 0.2) is 12.1 Å². The fourth-order valence-corrected chi connectivity index (χ4v) is 2.35. The summed E-state index contributed by atoms with van der Waals surface area (Å²) in [6, 6.07) is 3.72. The van der Waals surface area contributed by atoms with Crippen LogP contribution in [-0.4, -0.2) is 30.9 Å². The summed E-state index contributed by atoms with van der Waals surface area (Å²) in [5.41, 5.74) is 8.16. The molecule has 110 valence electrons. The minimum Gasteiger partial charge on any atom is -0.490 e. The van der Waals surface area contributed by atoms with Crippen LogP contribution in [0.4, 0.5) is 0 Å². The lowest BCUT2D eigenvalue weighted by Crippen LogP contribution is -2.25. The predicted molar refractivity (Wildman–Crippen MR) is 77.3 cm³/mol. The lowest BCUT2D eigenvalue weighted by atomic mass is 10.1. The Morgan fingerprint density at radius 1 is 1.40 bits per heavy atom. The molecule has 0 bridgehead atoms. The molecule has 3 N–H and O–H groups in total. The Labute approximate surface area is 119 Å². The van der Waals surface area contributed by atoms with Crippen LogP contribution in [0, 0.1) is 19.3 Å². The molecule has 5 nitrogen and oxygen atoms in total. The van der Waals surface area contributed by atoms with Gasteiger partial charge in [-0.15, -0.1) is 0 Å². The first-order chi connectivity index (χ1) is 9.28. The summed E-state index contributed by atoms with van der Waals surface area (Å²) >= 11 is 0. The second-order valence-electron chi connectivity index (χ2n) is 5.61. The van der Waals surface area contributed by atoms with Gasteiger partial charge in [-0.25, -0.2) is 0 Å². The third kappa shape index (κ3) is 3.29. The molecule has 1 aliphatic rings. The van der Waals surface area contributed by atoms with Crippen molar-refractivity contribution in [3.8, 4) is 5.75 Å². The first-order valence-corrected chi connectivity index (χ1v) is 6.69. The van der Waals surface area contributed by atoms with Crippen molar-refractivity contribution >= 4 is 5.84 Å². The fourth-order valence-electron chi connectivity index (χ4n) is 2.35. The van der Waals surface area contributed by atoms with Gasteiger partial charge in [-0.3, -0.25) is 5.41 Å². The zero-order valence-electron chi connectivity index (χ0n) is 12.4. The van der Waals surface area contributed by atoms with Crippen molar-refractivity contribution in [1.82, 2.24) is 0 Å². The summed E-state index contributed by atoms with van der Waals surface area (Å²) < 4.78 is 17.1. The maximum atomic E-state index is 7.48. The Morgan fingerprint density at radius 2 is 2.00 bits per heavy atom. The Morgan fingerprint density at radius 3 is 2.45 bits per heavy atom. The van der Waals surface area contributed by atoms with E-state index in [1.165, 1.54) is 0 Å². The summed E-state index contributed by atoms with van der Waals surface area (Å²) in [6.45, 7) is 8.67. The fraction of sp³-hybridized carbons (Fsp3) is 0.533. The number of benzene rings is 1. The number of nitrogens with one attached hydrogen (secondary N) is 1. The molecule has 1 atom stereocenters. The Hall–Kier alpha value is -1.59. The average molecular weight is 278 g/mol. The Bertz CT molecular complexity index is 503. The predicted octanol–water partition coefficient (Wildman–Crippen LogP) is 2.12. The van der Waals surface area contributed by atoms with Crippen LogP contribution in [0.25, 0.3) is 0 Å². The average Bonchev–Trinajstić information content (AvgIpc) is 2.67. The van der Waals surface area contributed by atoms with E-state index in [1.54, 1.807) is 0 Å². The number of hydrogen-bond acceptors (Lipinski definition) is 4. The molecule has 20 heavy (non-hydrogen) atoms. The summed E-state index contributed by atoms with van der Waals surface area (Å²) in [5, 5.41) is 7.48. The maximum absolute atomic E-state index is 7.48. The van der Waals surface area contributed by atoms with Crippen molar-refractivity contribution in [1.29, 1.82) is 5.41 Å². The molecule has 2 rings (SSSR count). The quantitative estimate of drug-likeness (QED) is 0.653. The molecule has 0 aliphatic carbocycles. The Balaban J connectivity index is 2.05. The molecular formula is C15H22N2O3. The molecule has 0 saturated carbocycles. The molecular weight excluding hydrogens is 256 g/mol. The minimum atomic E-state index is -0.531. The normalized spacial score (nSPS) is 20.9. The lowest BCUT2D eigenvalue weighted by molar-refractivity contribution is -0.141. The van der Waals surface area contributed by atoms with Crippen molar-refractivity contribution < 1.29 is 14.2 Å². The number of nitrogen functional groups attached to an aromatic ring is 1. The van der Waals surface area contributed by atoms with Crippen molar-refractivity contribution in [3.63, 3.8) is 0 Å². The van der Waals surface area contributed by atoms with E-state index in [2.05, 4.69) is 0 Å². The van der Waals surface area contributed by atoms with E-state index < -0.39 is 5.79 Å². The van der Waals surface area contributed by atoms with Crippen LogP contribution in [-0.2, 0) is 9.47 Å². The summed E-state index contributed by atoms with van der Waals surface area (Å²) in [6.07, 6.45) is -0.0590. The van der Waals surface area contributed by atoms with Gasteiger partial charge in [0.2, 0.25) is 0 Å². The van der Waals surface area contributed by atoms with Gasteiger partial charge in [-0.2, -0.15) is 0 Å². The summed E-state index contributed by atoms with van der Waals surface area (Å²) in [7, 11) is 0. The first-order valence-electron chi connectivity index (χ1n) is 6.69. The molecule has 1 aromatic carbocycles. The SMILES string of the molecule is Cc1cc(C(=N)N)cc(C)c1OCC1COC(C)(C)O1. The van der Waals surface area contributed by atoms with Gasteiger partial charge in [0.15, 0.2) is 5.79 Å². The molecule has 1 saturated heterocycles. The Kier molecular flexibility index (Phi) is 4.01. The van der Waals surface area contributed by atoms with Gasteiger partial charge in [-0.05, 0) is 51.0 Å². The summed E-state index contributed by atoms with van der Waals surface area (Å²) in [4.78, 5) is 0. The zero-order chi connectivity index (χ0) is 14.9. The van der Waals surface area contributed by atoms with E-state index in [0.717, 1.165) is 16.9 Å². The highest BCUT2D eigenvalue weighted by Gasteiger charge is 2.33. The van der Waals surface area contributed by atoms with Gasteiger partial charge in [0.25, 0.3) is 0 Å². The molecule has 1 heterocycles. The van der Waals surface area contributed by atoms with E-state index in [1.807, 2.05) is 39.8 Å². The highest BCUT2D eigenvalue weighted by Crippen LogP contribution is 2.27. The molecule has 1 aromatic rings. The van der Waals surface area contributed by atoms with Crippen LogP contribution < -0.4 is 10.5 Å². The molecule has 1 fully saturated rings. The standard InChI is InChI=1S/C15H22N2O3/c1-9-5-11(14(16)17)6-10(2)13(9)18-7-12-8-19-15(3,4)20-12/h5-6,12H,7-8H2,1-4H3,(H3,16,17). The van der Waals surface area contributed by atoms with Crippen LogP contribution in [0.3, 0.4) is 0 Å². The van der Waals surface area contributed by atoms with E-state index in [9.17, 15) is 0 Å². The first kappa shape index (κ1) is 14.8. The van der Waals surface area contributed by atoms with Gasteiger partial charge in [0.05, 0.1) is 6.61 Å². The number of rotatable bonds is 4. The number of nitrogens with two attached hydrogens (primary N) is 1. The van der Waals surface area contributed by atoms with E-state index in [-0.39, 0.29) is 11.9 Å². The van der Waals surface area contributed by atoms with Gasteiger partial charge in [0.1, 0.15) is 24.3 Å². The second-order valence-corrected chi connectivity index (χ2v) is 5.61. The zero-order valence-corrected chi connectivity index (χ0v) is 12.4. The third-order valence-electron chi connectivity index (χ3n) is 3.25. The smallest absolute Gasteiger partial charge is 0.163 e. The van der Waals surface area contributed by atoms with Crippen molar-refractivity contribution in [2.24, 2.45) is 5.73 Å². The van der Waals surface area contributed by atoms with E-state index in [0.29, 0.717) is 18.8 Å². The van der Waals surface area contributed by atoms with E-state index >= 15 is 0 Å². The number of aryl methyl sites for hydroxylation is 2. The minimum absolute atomic E-state index is 0.0590.